The minimum atomic E-state index is -0.644. The molecule has 1 aliphatic rings. The Morgan fingerprint density at radius 3 is 2.79 bits per heavy atom. The number of hydrogen-bond donors (Lipinski definition) is 3. The highest BCUT2D eigenvalue weighted by atomic mass is 19.1. The van der Waals surface area contributed by atoms with Gasteiger partial charge in [-0.15, -0.1) is 0 Å². The van der Waals surface area contributed by atoms with Crippen molar-refractivity contribution in [2.45, 2.75) is 19.4 Å². The number of nitrogens with zero attached hydrogens (tertiary/aromatic N) is 2. The van der Waals surface area contributed by atoms with E-state index in [1.165, 1.54) is 16.7 Å². The van der Waals surface area contributed by atoms with E-state index in [-0.39, 0.29) is 23.6 Å². The number of primary amides is 1. The van der Waals surface area contributed by atoms with E-state index in [0.29, 0.717) is 35.6 Å². The minimum absolute atomic E-state index is 0.00284. The van der Waals surface area contributed by atoms with Crippen molar-refractivity contribution in [3.8, 4) is 16.9 Å². The molecular formula is C32H26FN5O4. The van der Waals surface area contributed by atoms with Gasteiger partial charge in [-0.3, -0.25) is 9.36 Å². The molecule has 6 aromatic rings. The van der Waals surface area contributed by atoms with Crippen molar-refractivity contribution in [1.29, 1.82) is 0 Å². The molecule has 0 bridgehead atoms. The van der Waals surface area contributed by atoms with Gasteiger partial charge in [0.2, 0.25) is 0 Å². The third-order valence-corrected chi connectivity index (χ3v) is 7.73. The molecule has 3 aromatic heterocycles. The van der Waals surface area contributed by atoms with Crippen molar-refractivity contribution in [2.75, 3.05) is 18.5 Å². The maximum Gasteiger partial charge on any atom is 0.330 e. The summed E-state index contributed by atoms with van der Waals surface area (Å²) >= 11 is 0. The van der Waals surface area contributed by atoms with Gasteiger partial charge in [0.25, 0.3) is 5.91 Å². The fourth-order valence-electron chi connectivity index (χ4n) is 5.63. The third-order valence-electron chi connectivity index (χ3n) is 7.73. The number of ether oxygens (including phenoxy) is 2. The van der Waals surface area contributed by atoms with E-state index in [1.54, 1.807) is 24.7 Å². The number of aromatic nitrogens is 3. The lowest BCUT2D eigenvalue weighted by molar-refractivity contribution is 0.0997. The van der Waals surface area contributed by atoms with Gasteiger partial charge in [0.15, 0.2) is 5.69 Å². The molecule has 42 heavy (non-hydrogen) atoms. The number of amides is 2. The van der Waals surface area contributed by atoms with E-state index in [0.717, 1.165) is 44.8 Å². The molecule has 0 spiro atoms. The lowest BCUT2D eigenvalue weighted by Crippen LogP contribution is -2.18. The van der Waals surface area contributed by atoms with Gasteiger partial charge in [-0.05, 0) is 54.4 Å². The van der Waals surface area contributed by atoms with E-state index in [9.17, 15) is 14.0 Å². The summed E-state index contributed by atoms with van der Waals surface area (Å²) in [6.45, 7) is 3.14. The highest BCUT2D eigenvalue weighted by Gasteiger charge is 2.22. The number of halogens is 1. The van der Waals surface area contributed by atoms with Crippen LogP contribution >= 0.6 is 0 Å². The molecule has 7 rings (SSSR count). The lowest BCUT2D eigenvalue weighted by atomic mass is 9.96. The number of carbonyl (C=O) groups excluding carboxylic acids is 2. The number of nitrogens with one attached hydrogen (secondary N) is 2. The Labute approximate surface area is 239 Å². The molecule has 9 nitrogen and oxygen atoms in total. The van der Waals surface area contributed by atoms with Crippen molar-refractivity contribution >= 4 is 50.2 Å². The summed E-state index contributed by atoms with van der Waals surface area (Å²) in [5, 5.41) is 6.01. The molecule has 1 fully saturated rings. The van der Waals surface area contributed by atoms with Crippen molar-refractivity contribution in [1.82, 2.24) is 14.5 Å². The molecular weight excluding hydrogens is 537 g/mol. The first kappa shape index (κ1) is 25.7. The number of hydrogen-bond acceptors (Lipinski definition) is 5. The number of pyridine rings is 1. The number of nitrogens with two attached hydrogens (primary N) is 1. The third kappa shape index (κ3) is 4.42. The van der Waals surface area contributed by atoms with Crippen LogP contribution in [0.1, 0.15) is 22.5 Å². The van der Waals surface area contributed by atoms with Crippen molar-refractivity contribution in [3.63, 3.8) is 0 Å². The summed E-state index contributed by atoms with van der Waals surface area (Å²) in [4.78, 5) is 33.2. The van der Waals surface area contributed by atoms with Gasteiger partial charge in [0.05, 0.1) is 24.2 Å². The Morgan fingerprint density at radius 2 is 1.98 bits per heavy atom. The SMILES string of the molecule is Cc1c(NC(=O)n2cc3ccc(F)cc3c2)cccc1-c1cnc(C(N)=O)c2[nH]c3cc(OC4CCOC4)ccc3c12. The Hall–Kier alpha value is -5.22. The molecule has 4 N–H and O–H groups in total. The molecule has 210 valence electrons. The topological polar surface area (TPSA) is 124 Å². The van der Waals surface area contributed by atoms with Gasteiger partial charge in [-0.25, -0.2) is 14.2 Å². The van der Waals surface area contributed by atoms with E-state index in [1.807, 2.05) is 43.3 Å². The predicted molar refractivity (Wildman–Crippen MR) is 158 cm³/mol. The second-order valence-electron chi connectivity index (χ2n) is 10.4. The average molecular weight is 564 g/mol. The van der Waals surface area contributed by atoms with E-state index in [4.69, 9.17) is 15.2 Å². The summed E-state index contributed by atoms with van der Waals surface area (Å²) in [6.07, 6.45) is 5.71. The summed E-state index contributed by atoms with van der Waals surface area (Å²) in [5.74, 6) is -0.314. The first-order valence-corrected chi connectivity index (χ1v) is 13.5. The van der Waals surface area contributed by atoms with Gasteiger partial charge in [0, 0.05) is 63.9 Å². The molecule has 3 aromatic carbocycles. The van der Waals surface area contributed by atoms with Crippen LogP contribution < -0.4 is 15.8 Å². The quantitative estimate of drug-likeness (QED) is 0.233. The molecule has 10 heteroatoms. The Bertz CT molecular complexity index is 2040. The van der Waals surface area contributed by atoms with Crippen LogP contribution in [0.25, 0.3) is 43.7 Å². The summed E-state index contributed by atoms with van der Waals surface area (Å²) in [7, 11) is 0. The number of carbonyl (C=O) groups is 2. The molecule has 1 saturated heterocycles. The molecule has 0 radical (unpaired) electrons. The van der Waals surface area contributed by atoms with Crippen molar-refractivity contribution in [2.24, 2.45) is 5.73 Å². The summed E-state index contributed by atoms with van der Waals surface area (Å²) in [5.41, 5.74) is 10.1. The number of rotatable bonds is 5. The smallest absolute Gasteiger partial charge is 0.330 e. The molecule has 4 heterocycles. The summed E-state index contributed by atoms with van der Waals surface area (Å²) < 4.78 is 26.6. The van der Waals surface area contributed by atoms with Gasteiger partial charge >= 0.3 is 6.03 Å². The van der Waals surface area contributed by atoms with Gasteiger partial charge in [-0.2, -0.15) is 0 Å². The maximum absolute atomic E-state index is 13.7. The zero-order chi connectivity index (χ0) is 29.0. The molecule has 2 amide bonds. The van der Waals surface area contributed by atoms with Crippen LogP contribution in [0.4, 0.5) is 14.9 Å². The first-order valence-electron chi connectivity index (χ1n) is 13.5. The Balaban J connectivity index is 1.29. The van der Waals surface area contributed by atoms with Crippen LogP contribution in [-0.2, 0) is 4.74 Å². The Morgan fingerprint density at radius 1 is 1.12 bits per heavy atom. The van der Waals surface area contributed by atoms with Crippen LogP contribution in [0.2, 0.25) is 0 Å². The zero-order valence-electron chi connectivity index (χ0n) is 22.6. The molecule has 1 atom stereocenters. The number of fused-ring (bicyclic) bond motifs is 4. The molecule has 0 saturated carbocycles. The minimum Gasteiger partial charge on any atom is -0.488 e. The number of aromatic amines is 1. The normalized spacial score (nSPS) is 15.0. The zero-order valence-corrected chi connectivity index (χ0v) is 22.6. The number of benzene rings is 3. The van der Waals surface area contributed by atoms with Crippen LogP contribution in [0.5, 0.6) is 5.75 Å². The van der Waals surface area contributed by atoms with Crippen LogP contribution in [-0.4, -0.2) is 45.8 Å². The van der Waals surface area contributed by atoms with Crippen molar-refractivity contribution in [3.05, 3.63) is 90.3 Å². The maximum atomic E-state index is 13.7. The van der Waals surface area contributed by atoms with Crippen LogP contribution in [0.15, 0.2) is 73.2 Å². The van der Waals surface area contributed by atoms with E-state index in [2.05, 4.69) is 15.3 Å². The standard InChI is InChI=1S/C32H26FN5O4/c1-17-23(3-2-4-26(17)37-32(40)38-14-18-5-6-20(33)11-19(18)15-38)25-13-35-30(31(34)39)29-28(25)24-8-7-21(12-27(24)36-29)42-22-9-10-41-16-22/h2-8,11-15,22,36H,9-10,16H2,1H3,(H2,34,39)(H,37,40). The average Bonchev–Trinajstić information content (AvgIpc) is 3.72. The number of H-pyrrole nitrogens is 1. The van der Waals surface area contributed by atoms with Gasteiger partial charge in [0.1, 0.15) is 17.7 Å². The highest BCUT2D eigenvalue weighted by molar-refractivity contribution is 6.19. The molecule has 1 unspecified atom stereocenters. The second kappa shape index (κ2) is 10.0. The fraction of sp³-hybridized carbons (Fsp3) is 0.156. The second-order valence-corrected chi connectivity index (χ2v) is 10.4. The van der Waals surface area contributed by atoms with Gasteiger partial charge < -0.3 is 25.5 Å². The van der Waals surface area contributed by atoms with Gasteiger partial charge in [-0.1, -0.05) is 12.1 Å². The van der Waals surface area contributed by atoms with Crippen LogP contribution in [0, 0.1) is 12.7 Å². The van der Waals surface area contributed by atoms with E-state index >= 15 is 0 Å². The van der Waals surface area contributed by atoms with Crippen LogP contribution in [0.3, 0.4) is 0 Å². The Kier molecular flexibility index (Phi) is 6.13. The first-order chi connectivity index (χ1) is 20.4. The lowest BCUT2D eigenvalue weighted by Gasteiger charge is -2.14. The predicted octanol–water partition coefficient (Wildman–Crippen LogP) is 6.13. The largest absolute Gasteiger partial charge is 0.488 e. The molecule has 0 aliphatic carbocycles. The monoisotopic (exact) mass is 563 g/mol. The molecule has 1 aliphatic heterocycles. The highest BCUT2D eigenvalue weighted by Crippen LogP contribution is 2.39. The van der Waals surface area contributed by atoms with E-state index < -0.39 is 5.91 Å². The van der Waals surface area contributed by atoms with Crippen molar-refractivity contribution < 1.29 is 23.5 Å². The summed E-state index contributed by atoms with van der Waals surface area (Å²) in [6, 6.07) is 15.4. The fourth-order valence-corrected chi connectivity index (χ4v) is 5.63. The number of anilines is 1.